The molecular weight excluding hydrogens is 356 g/mol. The summed E-state index contributed by atoms with van der Waals surface area (Å²) in [5.41, 5.74) is 1.94. The van der Waals surface area contributed by atoms with Gasteiger partial charge in [0, 0.05) is 17.7 Å². The standard InChI is InChI=1S/C23H20O5/c1-27-22-13-18(24)9-7-17(22)8-12-21(26)20-11-10-19(25)14-23(20)28-15-16-5-3-2-4-6-16/h2-14,24-25H,15H2,1H3. The predicted molar refractivity (Wildman–Crippen MR) is 107 cm³/mol. The normalized spacial score (nSPS) is 10.8. The van der Waals surface area contributed by atoms with Crippen molar-refractivity contribution >= 4 is 11.9 Å². The molecule has 5 nitrogen and oxygen atoms in total. The maximum absolute atomic E-state index is 12.7. The zero-order valence-electron chi connectivity index (χ0n) is 15.3. The number of methoxy groups -OCH3 is 1. The molecule has 28 heavy (non-hydrogen) atoms. The molecule has 0 unspecified atom stereocenters. The van der Waals surface area contributed by atoms with Gasteiger partial charge in [-0.15, -0.1) is 0 Å². The Balaban J connectivity index is 1.81. The van der Waals surface area contributed by atoms with E-state index in [0.29, 0.717) is 22.6 Å². The van der Waals surface area contributed by atoms with Gasteiger partial charge in [0.05, 0.1) is 12.7 Å². The SMILES string of the molecule is COc1cc(O)ccc1C=CC(=O)c1ccc(O)cc1OCc1ccccc1. The molecule has 3 aromatic carbocycles. The largest absolute Gasteiger partial charge is 0.508 e. The van der Waals surface area contributed by atoms with Crippen molar-refractivity contribution in [2.75, 3.05) is 7.11 Å². The predicted octanol–water partition coefficient (Wildman–Crippen LogP) is 4.58. The molecule has 3 rings (SSSR count). The Morgan fingerprint density at radius 1 is 0.929 bits per heavy atom. The summed E-state index contributed by atoms with van der Waals surface area (Å²) in [5.74, 6) is 0.573. The number of phenolic OH excluding ortho intramolecular Hbond substituents is 2. The molecule has 5 heteroatoms. The molecule has 0 aliphatic rings. The number of hydrogen-bond acceptors (Lipinski definition) is 5. The number of rotatable bonds is 7. The van der Waals surface area contributed by atoms with Crippen molar-refractivity contribution in [3.05, 3.63) is 89.5 Å². The molecule has 2 N–H and O–H groups in total. The van der Waals surface area contributed by atoms with Crippen LogP contribution in [0.25, 0.3) is 6.08 Å². The van der Waals surface area contributed by atoms with E-state index in [4.69, 9.17) is 9.47 Å². The number of allylic oxidation sites excluding steroid dienone is 1. The maximum atomic E-state index is 12.7. The Labute approximate surface area is 163 Å². The lowest BCUT2D eigenvalue weighted by atomic mass is 10.1. The second kappa shape index (κ2) is 8.77. The second-order valence-corrected chi connectivity index (χ2v) is 6.08. The van der Waals surface area contributed by atoms with E-state index < -0.39 is 0 Å². The third-order valence-electron chi connectivity index (χ3n) is 4.10. The summed E-state index contributed by atoms with van der Waals surface area (Å²) in [4.78, 5) is 12.7. The van der Waals surface area contributed by atoms with Gasteiger partial charge in [-0.05, 0) is 42.0 Å². The molecule has 3 aromatic rings. The summed E-state index contributed by atoms with van der Waals surface area (Å²) in [5, 5.41) is 19.3. The summed E-state index contributed by atoms with van der Waals surface area (Å²) in [6, 6.07) is 18.6. The van der Waals surface area contributed by atoms with Crippen molar-refractivity contribution in [1.29, 1.82) is 0 Å². The summed E-state index contributed by atoms with van der Waals surface area (Å²) >= 11 is 0. The molecule has 0 aliphatic heterocycles. The lowest BCUT2D eigenvalue weighted by Gasteiger charge is -2.10. The minimum absolute atomic E-state index is 0.0174. The molecule has 0 aliphatic carbocycles. The third-order valence-corrected chi connectivity index (χ3v) is 4.10. The Hall–Kier alpha value is -3.73. The second-order valence-electron chi connectivity index (χ2n) is 6.08. The summed E-state index contributed by atoms with van der Waals surface area (Å²) in [7, 11) is 1.49. The van der Waals surface area contributed by atoms with E-state index in [1.165, 1.54) is 43.5 Å². The van der Waals surface area contributed by atoms with Crippen molar-refractivity contribution < 1.29 is 24.5 Å². The van der Waals surface area contributed by atoms with Crippen LogP contribution in [0.2, 0.25) is 0 Å². The molecular formula is C23H20O5. The molecule has 142 valence electrons. The first-order valence-corrected chi connectivity index (χ1v) is 8.66. The average molecular weight is 376 g/mol. The van der Waals surface area contributed by atoms with Gasteiger partial charge in [0.1, 0.15) is 29.6 Å². The zero-order chi connectivity index (χ0) is 19.9. The van der Waals surface area contributed by atoms with Crippen LogP contribution >= 0.6 is 0 Å². The fraction of sp³-hybridized carbons (Fsp3) is 0.0870. The van der Waals surface area contributed by atoms with Crippen LogP contribution in [0, 0.1) is 0 Å². The van der Waals surface area contributed by atoms with Crippen molar-refractivity contribution in [2.45, 2.75) is 6.61 Å². The lowest BCUT2D eigenvalue weighted by molar-refractivity contribution is 0.104. The van der Waals surface area contributed by atoms with E-state index in [2.05, 4.69) is 0 Å². The Morgan fingerprint density at radius 2 is 1.61 bits per heavy atom. The Kier molecular flexibility index (Phi) is 5.97. The number of carbonyl (C=O) groups excluding carboxylic acids is 1. The fourth-order valence-electron chi connectivity index (χ4n) is 2.66. The molecule has 0 saturated heterocycles. The highest BCUT2D eigenvalue weighted by Gasteiger charge is 2.12. The van der Waals surface area contributed by atoms with Crippen molar-refractivity contribution in [2.24, 2.45) is 0 Å². The number of ketones is 1. The van der Waals surface area contributed by atoms with Gasteiger partial charge in [0.2, 0.25) is 0 Å². The van der Waals surface area contributed by atoms with E-state index in [9.17, 15) is 15.0 Å². The fourth-order valence-corrected chi connectivity index (χ4v) is 2.66. The van der Waals surface area contributed by atoms with E-state index in [1.54, 1.807) is 12.1 Å². The van der Waals surface area contributed by atoms with Gasteiger partial charge in [-0.25, -0.2) is 0 Å². The van der Waals surface area contributed by atoms with Crippen LogP contribution in [-0.4, -0.2) is 23.1 Å². The van der Waals surface area contributed by atoms with Crippen LogP contribution in [0.4, 0.5) is 0 Å². The highest BCUT2D eigenvalue weighted by molar-refractivity contribution is 6.08. The Bertz CT molecular complexity index is 993. The van der Waals surface area contributed by atoms with E-state index in [0.717, 1.165) is 5.56 Å². The molecule has 0 bridgehead atoms. The first kappa shape index (κ1) is 19.0. The molecule has 0 amide bonds. The van der Waals surface area contributed by atoms with Crippen LogP contribution in [-0.2, 0) is 6.61 Å². The lowest BCUT2D eigenvalue weighted by Crippen LogP contribution is -2.02. The van der Waals surface area contributed by atoms with Gasteiger partial charge in [0.25, 0.3) is 0 Å². The minimum atomic E-state index is -0.279. The minimum Gasteiger partial charge on any atom is -0.508 e. The number of ether oxygens (including phenoxy) is 2. The van der Waals surface area contributed by atoms with Crippen LogP contribution in [0.3, 0.4) is 0 Å². The molecule has 0 atom stereocenters. The van der Waals surface area contributed by atoms with E-state index in [1.807, 2.05) is 30.3 Å². The molecule has 0 saturated carbocycles. The van der Waals surface area contributed by atoms with Crippen molar-refractivity contribution in [3.63, 3.8) is 0 Å². The first-order valence-electron chi connectivity index (χ1n) is 8.66. The third kappa shape index (κ3) is 4.71. The van der Waals surface area contributed by atoms with Crippen molar-refractivity contribution in [1.82, 2.24) is 0 Å². The van der Waals surface area contributed by atoms with Gasteiger partial charge >= 0.3 is 0 Å². The molecule has 0 aromatic heterocycles. The molecule has 0 fully saturated rings. The van der Waals surface area contributed by atoms with Crippen molar-refractivity contribution in [3.8, 4) is 23.0 Å². The number of hydrogen-bond donors (Lipinski definition) is 2. The summed E-state index contributed by atoms with van der Waals surface area (Å²) < 4.78 is 11.0. The van der Waals surface area contributed by atoms with Gasteiger partial charge in [-0.2, -0.15) is 0 Å². The number of phenols is 2. The highest BCUT2D eigenvalue weighted by atomic mass is 16.5. The smallest absolute Gasteiger partial charge is 0.189 e. The topological polar surface area (TPSA) is 76.0 Å². The van der Waals surface area contributed by atoms with Gasteiger partial charge in [-0.3, -0.25) is 4.79 Å². The van der Waals surface area contributed by atoms with Crippen LogP contribution < -0.4 is 9.47 Å². The number of aromatic hydroxyl groups is 2. The van der Waals surface area contributed by atoms with Gasteiger partial charge in [-0.1, -0.05) is 30.3 Å². The average Bonchev–Trinajstić information content (AvgIpc) is 2.71. The summed E-state index contributed by atoms with van der Waals surface area (Å²) in [6.07, 6.45) is 3.01. The summed E-state index contributed by atoms with van der Waals surface area (Å²) in [6.45, 7) is 0.278. The van der Waals surface area contributed by atoms with Gasteiger partial charge < -0.3 is 19.7 Å². The quantitative estimate of drug-likeness (QED) is 0.466. The zero-order valence-corrected chi connectivity index (χ0v) is 15.3. The van der Waals surface area contributed by atoms with Crippen LogP contribution in [0.1, 0.15) is 21.5 Å². The monoisotopic (exact) mass is 376 g/mol. The maximum Gasteiger partial charge on any atom is 0.189 e. The number of benzene rings is 3. The first-order chi connectivity index (χ1) is 13.6. The van der Waals surface area contributed by atoms with Crippen LogP contribution in [0.15, 0.2) is 72.8 Å². The van der Waals surface area contributed by atoms with E-state index in [-0.39, 0.29) is 23.9 Å². The van der Waals surface area contributed by atoms with Gasteiger partial charge in [0.15, 0.2) is 5.78 Å². The van der Waals surface area contributed by atoms with Crippen LogP contribution in [0.5, 0.6) is 23.0 Å². The Morgan fingerprint density at radius 3 is 2.32 bits per heavy atom. The number of carbonyl (C=O) groups is 1. The molecule has 0 spiro atoms. The molecule has 0 radical (unpaired) electrons. The van der Waals surface area contributed by atoms with E-state index >= 15 is 0 Å². The highest BCUT2D eigenvalue weighted by Crippen LogP contribution is 2.28. The molecule has 0 heterocycles.